The van der Waals surface area contributed by atoms with Gasteiger partial charge in [-0.1, -0.05) is 35.1 Å². The van der Waals surface area contributed by atoms with Gasteiger partial charge in [-0.15, -0.1) is 0 Å². The Bertz CT molecular complexity index is 2530. The van der Waals surface area contributed by atoms with Crippen LogP contribution in [-0.4, -0.2) is 168 Å². The predicted molar refractivity (Wildman–Crippen MR) is 303 cm³/mol. The van der Waals surface area contributed by atoms with Gasteiger partial charge in [-0.3, -0.25) is 14.4 Å². The van der Waals surface area contributed by atoms with Crippen molar-refractivity contribution in [3.05, 3.63) is 77.9 Å². The number of aliphatic hydroxyl groups is 6. The number of hydrogen-bond donors (Lipinski definition) is 10. The average molecular weight is 1170 g/mol. The number of methoxy groups -OCH3 is 2. The SMILES string of the molecule is C.CCC(CC)Nc1cc(C(=O)O)ccc1N1C(=O)CCC1(CO)CCO.CCC(CC)Nc1cc(C(=O)OC)ccc1N1C(=O)CCC1(CO)CCO.COC(=O)c1ccc(N2C(=O)CCC2(CO)CCO)c(N)c1.[B].[C-]#N.[Na+].[Na+].[OH-]. The number of aromatic carboxylic acids is 1. The van der Waals surface area contributed by atoms with Crippen LogP contribution in [0.15, 0.2) is 54.6 Å². The number of amides is 3. The summed E-state index contributed by atoms with van der Waals surface area (Å²) in [5.41, 5.74) is 7.28. The number of carbonyl (C=O) groups excluding carboxylic acids is 5. The molecule has 3 aromatic rings. The van der Waals surface area contributed by atoms with Gasteiger partial charge in [-0.05, 0) is 119 Å². The summed E-state index contributed by atoms with van der Waals surface area (Å²) >= 11 is 0. The van der Waals surface area contributed by atoms with E-state index in [2.05, 4.69) is 29.2 Å². The fourth-order valence-electron chi connectivity index (χ4n) is 10.2. The van der Waals surface area contributed by atoms with Gasteiger partial charge in [0.05, 0.1) is 101 Å². The summed E-state index contributed by atoms with van der Waals surface area (Å²) < 4.78 is 9.45. The van der Waals surface area contributed by atoms with E-state index >= 15 is 0 Å². The fourth-order valence-corrected chi connectivity index (χ4v) is 10.2. The number of carboxylic acid groups (broad SMARTS) is 1. The molecule has 3 radical (unpaired) electrons. The minimum absolute atomic E-state index is 0. The Balaban J connectivity index is -0.00000110. The fraction of sp³-hybridized carbons (Fsp3) is 0.554. The molecule has 0 aromatic heterocycles. The second-order valence-electron chi connectivity index (χ2n) is 19.1. The molecule has 12 N–H and O–H groups in total. The molecule has 23 nitrogen and oxygen atoms in total. The number of nitrogen functional groups attached to an aromatic ring is 1. The topological polar surface area (TPSA) is 376 Å². The Kier molecular flexibility index (Phi) is 38.6. The summed E-state index contributed by atoms with van der Waals surface area (Å²) in [5, 5.41) is 80.3. The van der Waals surface area contributed by atoms with Crippen molar-refractivity contribution >= 4 is 78.2 Å². The van der Waals surface area contributed by atoms with Gasteiger partial charge >= 0.3 is 77.0 Å². The van der Waals surface area contributed by atoms with E-state index in [1.54, 1.807) is 40.1 Å². The average Bonchev–Trinajstić information content (AvgIpc) is 4.08. The van der Waals surface area contributed by atoms with Crippen LogP contribution < -0.4 is 90.2 Å². The van der Waals surface area contributed by atoms with E-state index in [1.165, 1.54) is 43.4 Å². The van der Waals surface area contributed by atoms with Crippen molar-refractivity contribution in [3.8, 4) is 0 Å². The molecule has 3 saturated heterocycles. The number of ether oxygens (including phenoxy) is 2. The van der Waals surface area contributed by atoms with Crippen molar-refractivity contribution in [2.24, 2.45) is 0 Å². The normalized spacial score (nSPS) is 18.5. The van der Waals surface area contributed by atoms with Gasteiger partial charge in [0.15, 0.2) is 0 Å². The zero-order valence-electron chi connectivity index (χ0n) is 48.1. The molecule has 3 aliphatic heterocycles. The van der Waals surface area contributed by atoms with E-state index in [4.69, 9.17) is 22.3 Å². The molecule has 26 heteroatoms. The third-order valence-electron chi connectivity index (χ3n) is 14.7. The van der Waals surface area contributed by atoms with Gasteiger partial charge in [0.25, 0.3) is 0 Å². The minimum Gasteiger partial charge on any atom is -0.870 e. The first-order valence-electron chi connectivity index (χ1n) is 25.8. The molecule has 443 valence electrons. The van der Waals surface area contributed by atoms with E-state index in [0.717, 1.165) is 25.7 Å². The number of benzene rings is 3. The molecule has 3 fully saturated rings. The van der Waals surface area contributed by atoms with Crippen molar-refractivity contribution in [2.75, 3.05) is 84.9 Å². The van der Waals surface area contributed by atoms with E-state index in [9.17, 15) is 64.5 Å². The summed E-state index contributed by atoms with van der Waals surface area (Å²) in [5.74, 6) is -2.42. The summed E-state index contributed by atoms with van der Waals surface area (Å²) in [6.45, 7) is 11.8. The summed E-state index contributed by atoms with van der Waals surface area (Å²) in [6, 6.07) is 14.4. The van der Waals surface area contributed by atoms with Crippen molar-refractivity contribution in [1.29, 1.82) is 5.26 Å². The number of hydrogen-bond acceptors (Lipinski definition) is 19. The second kappa shape index (κ2) is 38.9. The molecule has 3 atom stereocenters. The Labute approximate surface area is 528 Å². The smallest absolute Gasteiger partial charge is 0.870 e. The van der Waals surface area contributed by atoms with Gasteiger partial charge in [-0.2, -0.15) is 0 Å². The van der Waals surface area contributed by atoms with Crippen molar-refractivity contribution in [1.82, 2.24) is 0 Å². The molecule has 6 rings (SSSR count). The zero-order chi connectivity index (χ0) is 57.7. The van der Waals surface area contributed by atoms with E-state index in [1.807, 2.05) is 13.8 Å². The Morgan fingerprint density at radius 2 is 0.878 bits per heavy atom. The molecule has 0 spiro atoms. The molecule has 3 heterocycles. The van der Waals surface area contributed by atoms with Crippen LogP contribution in [0.4, 0.5) is 34.1 Å². The van der Waals surface area contributed by atoms with Crippen molar-refractivity contribution < 1.29 is 139 Å². The molecule has 3 aromatic carbocycles. The van der Waals surface area contributed by atoms with Crippen LogP contribution in [-0.2, 0) is 23.9 Å². The van der Waals surface area contributed by atoms with Gasteiger partial charge in [0.2, 0.25) is 17.7 Å². The number of anilines is 6. The summed E-state index contributed by atoms with van der Waals surface area (Å²) in [6.07, 6.45) is 6.52. The standard InChI is InChI=1S/C20H30N2O5.C19H28N2O5.C15H20N2O5.CN.CH4.B.2Na.H2O/c1-4-15(5-2)21-16-12-14(19(26)27-3)6-7-17(16)22-18(25)8-9-20(22,13-24)10-11-23;1-3-14(4-2)20-15-11-13(18(25)26)5-6-16(15)21-17(24)7-8-19(21,12-23)9-10-22;1-22-14(21)10-2-3-12(11(16)8-10)17-13(20)4-5-15(17,9-19)6-7-18;1-2;;;;;/h6-7,12,15,21,23-24H,4-5,8-11,13H2,1-3H3;5-6,11,14,20,22-23H,3-4,7-10,12H2,1-2H3,(H,25,26);2-3,8,18-19H,4-7,9,16H2,1H3;;1H4;;;;1H2/q;;;-1;;;2*+1;/p-1. The largest absolute Gasteiger partial charge is 1.00 e. The van der Waals surface area contributed by atoms with E-state index in [-0.39, 0.29) is 192 Å². The number of aliphatic hydroxyl groups excluding tert-OH is 6. The first kappa shape index (κ1) is 81.4. The molecular weight excluding hydrogens is 1080 g/mol. The van der Waals surface area contributed by atoms with Crippen LogP contribution in [0, 0.1) is 11.8 Å². The maximum absolute atomic E-state index is 12.7. The first-order chi connectivity index (χ1) is 36.9. The van der Waals surface area contributed by atoms with Crippen LogP contribution >= 0.6 is 0 Å². The Morgan fingerprint density at radius 1 is 0.585 bits per heavy atom. The molecule has 3 aliphatic rings. The number of nitrogens with one attached hydrogen (secondary N) is 2. The van der Waals surface area contributed by atoms with Crippen LogP contribution in [0.2, 0.25) is 0 Å². The third kappa shape index (κ3) is 19.1. The van der Waals surface area contributed by atoms with Crippen LogP contribution in [0.25, 0.3) is 0 Å². The minimum atomic E-state index is -1.04. The number of esters is 2. The maximum atomic E-state index is 12.7. The molecular formula is C56H83BN7Na2O16. The van der Waals surface area contributed by atoms with Gasteiger partial charge in [0.1, 0.15) is 0 Å². The maximum Gasteiger partial charge on any atom is 1.00 e. The van der Waals surface area contributed by atoms with Crippen LogP contribution in [0.1, 0.15) is 150 Å². The van der Waals surface area contributed by atoms with Crippen molar-refractivity contribution in [2.45, 2.75) is 147 Å². The number of carbonyl (C=O) groups is 6. The Hall–Kier alpha value is -4.85. The van der Waals surface area contributed by atoms with E-state index in [0.29, 0.717) is 66.1 Å². The zero-order valence-corrected chi connectivity index (χ0v) is 52.1. The van der Waals surface area contributed by atoms with Gasteiger partial charge in [-0.25, -0.2) is 14.4 Å². The molecule has 82 heavy (non-hydrogen) atoms. The third-order valence-corrected chi connectivity index (χ3v) is 14.7. The van der Waals surface area contributed by atoms with Gasteiger partial charge < -0.3 is 93.6 Å². The number of rotatable bonds is 23. The summed E-state index contributed by atoms with van der Waals surface area (Å²) in [4.78, 5) is 77.0. The number of nitrogens with zero attached hydrogens (tertiary/aromatic N) is 4. The number of nitrogens with two attached hydrogens (primary N) is 1. The number of carboxylic acids is 1. The van der Waals surface area contributed by atoms with Crippen LogP contribution in [0.5, 0.6) is 0 Å². The van der Waals surface area contributed by atoms with Gasteiger partial charge in [0, 0.05) is 59.6 Å². The van der Waals surface area contributed by atoms with E-state index < -0.39 is 34.5 Å². The predicted octanol–water partition coefficient (Wildman–Crippen LogP) is -0.982. The molecule has 0 aliphatic carbocycles. The molecule has 3 amide bonds. The molecule has 3 unspecified atom stereocenters. The van der Waals surface area contributed by atoms with Crippen molar-refractivity contribution in [3.63, 3.8) is 0 Å². The van der Waals surface area contributed by atoms with Crippen LogP contribution in [0.3, 0.4) is 0 Å². The summed E-state index contributed by atoms with van der Waals surface area (Å²) in [7, 11) is 2.60. The second-order valence-corrected chi connectivity index (χ2v) is 19.1. The Morgan fingerprint density at radius 3 is 1.16 bits per heavy atom. The molecule has 0 bridgehead atoms. The molecule has 0 saturated carbocycles. The quantitative estimate of drug-likeness (QED) is 0.0236. The monoisotopic (exact) mass is 1170 g/mol. The first-order valence-corrected chi connectivity index (χ1v) is 25.8.